The Kier molecular flexibility index (Phi) is 4.89. The molecule has 1 aromatic rings. The molecule has 1 aromatic carbocycles. The second-order valence-electron chi connectivity index (χ2n) is 5.33. The highest BCUT2D eigenvalue weighted by molar-refractivity contribution is 6.30. The van der Waals surface area contributed by atoms with Gasteiger partial charge in [-0.1, -0.05) is 18.5 Å². The van der Waals surface area contributed by atoms with E-state index >= 15 is 0 Å². The van der Waals surface area contributed by atoms with Crippen LogP contribution >= 0.6 is 11.6 Å². The van der Waals surface area contributed by atoms with Crippen molar-refractivity contribution in [2.75, 3.05) is 13.7 Å². The zero-order chi connectivity index (χ0) is 14.7. The fourth-order valence-electron chi connectivity index (χ4n) is 2.94. The van der Waals surface area contributed by atoms with E-state index in [1.54, 1.807) is 13.2 Å². The molecule has 1 aliphatic rings. The van der Waals surface area contributed by atoms with Crippen LogP contribution in [0, 0.1) is 5.92 Å². The van der Waals surface area contributed by atoms with Crippen molar-refractivity contribution in [1.82, 2.24) is 4.90 Å². The first kappa shape index (κ1) is 15.1. The van der Waals surface area contributed by atoms with E-state index in [-0.39, 0.29) is 5.92 Å². The Bertz CT molecular complexity index is 492. The van der Waals surface area contributed by atoms with Gasteiger partial charge in [0.15, 0.2) is 0 Å². The number of aliphatic carboxylic acids is 1. The van der Waals surface area contributed by atoms with Gasteiger partial charge in [0.1, 0.15) is 11.8 Å². The monoisotopic (exact) mass is 297 g/mol. The molecule has 1 saturated heterocycles. The first-order chi connectivity index (χ1) is 9.52. The van der Waals surface area contributed by atoms with Gasteiger partial charge in [-0.05, 0) is 43.5 Å². The summed E-state index contributed by atoms with van der Waals surface area (Å²) < 4.78 is 5.33. The van der Waals surface area contributed by atoms with Gasteiger partial charge in [-0.2, -0.15) is 0 Å². The van der Waals surface area contributed by atoms with Gasteiger partial charge in [-0.15, -0.1) is 0 Å². The molecule has 1 N–H and O–H groups in total. The summed E-state index contributed by atoms with van der Waals surface area (Å²) in [5.74, 6) is 0.154. The first-order valence-electron chi connectivity index (χ1n) is 6.82. The third-order valence-electron chi connectivity index (χ3n) is 3.91. The maximum absolute atomic E-state index is 11.5. The summed E-state index contributed by atoms with van der Waals surface area (Å²) in [6, 6.07) is 5.00. The number of likely N-dealkylation sites (tertiary alicyclic amines) is 1. The Morgan fingerprint density at radius 1 is 1.55 bits per heavy atom. The molecule has 0 saturated carbocycles. The molecule has 4 nitrogen and oxygen atoms in total. The van der Waals surface area contributed by atoms with Gasteiger partial charge in [0.05, 0.1) is 7.11 Å². The Morgan fingerprint density at radius 3 is 2.95 bits per heavy atom. The number of benzene rings is 1. The van der Waals surface area contributed by atoms with Gasteiger partial charge in [0, 0.05) is 17.1 Å². The molecule has 1 heterocycles. The highest BCUT2D eigenvalue weighted by Crippen LogP contribution is 2.29. The molecule has 0 amide bonds. The summed E-state index contributed by atoms with van der Waals surface area (Å²) in [7, 11) is 1.61. The fourth-order valence-corrected chi connectivity index (χ4v) is 3.13. The van der Waals surface area contributed by atoms with E-state index in [2.05, 4.69) is 0 Å². The van der Waals surface area contributed by atoms with Crippen molar-refractivity contribution >= 4 is 17.6 Å². The number of carbonyl (C=O) groups is 1. The van der Waals surface area contributed by atoms with Gasteiger partial charge in [0.2, 0.25) is 0 Å². The van der Waals surface area contributed by atoms with Crippen molar-refractivity contribution in [2.24, 2.45) is 5.92 Å². The number of hydrogen-bond donors (Lipinski definition) is 1. The summed E-state index contributed by atoms with van der Waals surface area (Å²) in [5.41, 5.74) is 0.931. The number of halogens is 1. The lowest BCUT2D eigenvalue weighted by Crippen LogP contribution is -2.48. The minimum atomic E-state index is -0.752. The smallest absolute Gasteiger partial charge is 0.321 e. The average Bonchev–Trinajstić information content (AvgIpc) is 2.38. The lowest BCUT2D eigenvalue weighted by molar-refractivity contribution is -0.147. The fraction of sp³-hybridized carbons (Fsp3) is 0.533. The summed E-state index contributed by atoms with van der Waals surface area (Å²) in [4.78, 5) is 13.5. The van der Waals surface area contributed by atoms with E-state index in [1.165, 1.54) is 0 Å². The second kappa shape index (κ2) is 6.46. The Hall–Kier alpha value is -1.26. The second-order valence-corrected chi connectivity index (χ2v) is 5.77. The Labute approximate surface area is 124 Å². The normalized spacial score (nSPS) is 23.6. The number of ether oxygens (including phenoxy) is 1. The van der Waals surface area contributed by atoms with Crippen molar-refractivity contribution in [3.8, 4) is 5.75 Å². The zero-order valence-electron chi connectivity index (χ0n) is 11.8. The number of methoxy groups -OCH3 is 1. The lowest BCUT2D eigenvalue weighted by atomic mass is 9.90. The number of carboxylic acids is 1. The van der Waals surface area contributed by atoms with Gasteiger partial charge in [-0.3, -0.25) is 9.69 Å². The van der Waals surface area contributed by atoms with Crippen LogP contribution in [0.4, 0.5) is 0 Å². The number of rotatable bonds is 4. The van der Waals surface area contributed by atoms with Crippen molar-refractivity contribution < 1.29 is 14.6 Å². The minimum absolute atomic E-state index is 0.159. The maximum atomic E-state index is 11.5. The molecule has 20 heavy (non-hydrogen) atoms. The van der Waals surface area contributed by atoms with Crippen LogP contribution in [0.5, 0.6) is 5.75 Å². The predicted molar refractivity (Wildman–Crippen MR) is 78.2 cm³/mol. The molecule has 0 bridgehead atoms. The number of carboxylic acid groups (broad SMARTS) is 1. The van der Waals surface area contributed by atoms with Crippen LogP contribution in [0.3, 0.4) is 0 Å². The first-order valence-corrected chi connectivity index (χ1v) is 7.20. The molecule has 5 heteroatoms. The predicted octanol–water partition coefficient (Wildman–Crippen LogP) is 3.03. The van der Waals surface area contributed by atoms with Crippen molar-refractivity contribution in [1.29, 1.82) is 0 Å². The molecule has 0 radical (unpaired) electrons. The molecule has 0 aromatic heterocycles. The van der Waals surface area contributed by atoms with Crippen LogP contribution in [0.25, 0.3) is 0 Å². The summed E-state index contributed by atoms with van der Waals surface area (Å²) in [6.07, 6.45) is 1.98. The van der Waals surface area contributed by atoms with Crippen LogP contribution in [0.15, 0.2) is 18.2 Å². The minimum Gasteiger partial charge on any atom is -0.496 e. The molecule has 1 fully saturated rings. The van der Waals surface area contributed by atoms with Crippen LogP contribution in [0.1, 0.15) is 25.3 Å². The van der Waals surface area contributed by atoms with Crippen LogP contribution in [-0.4, -0.2) is 35.7 Å². The third kappa shape index (κ3) is 3.25. The summed E-state index contributed by atoms with van der Waals surface area (Å²) >= 11 is 6.03. The largest absolute Gasteiger partial charge is 0.496 e. The van der Waals surface area contributed by atoms with Gasteiger partial charge in [0.25, 0.3) is 0 Å². The van der Waals surface area contributed by atoms with E-state index in [9.17, 15) is 9.90 Å². The van der Waals surface area contributed by atoms with E-state index < -0.39 is 12.0 Å². The highest BCUT2D eigenvalue weighted by Gasteiger charge is 2.34. The number of nitrogens with zero attached hydrogens (tertiary/aromatic N) is 1. The zero-order valence-corrected chi connectivity index (χ0v) is 12.6. The Balaban J connectivity index is 2.23. The Morgan fingerprint density at radius 2 is 2.30 bits per heavy atom. The standard InChI is InChI=1S/C15H20ClNO3/c1-10-4-3-7-17(14(10)15(18)19)9-11-8-12(16)5-6-13(11)20-2/h5-6,8,10,14H,3-4,7,9H2,1-2H3,(H,18,19). The third-order valence-corrected chi connectivity index (χ3v) is 4.14. The number of hydrogen-bond acceptors (Lipinski definition) is 3. The van der Waals surface area contributed by atoms with E-state index in [4.69, 9.17) is 16.3 Å². The quantitative estimate of drug-likeness (QED) is 0.928. The van der Waals surface area contributed by atoms with E-state index in [0.29, 0.717) is 11.6 Å². The van der Waals surface area contributed by atoms with Crippen LogP contribution in [0.2, 0.25) is 5.02 Å². The van der Waals surface area contributed by atoms with Crippen LogP contribution in [-0.2, 0) is 11.3 Å². The van der Waals surface area contributed by atoms with Gasteiger partial charge < -0.3 is 9.84 Å². The van der Waals surface area contributed by atoms with Gasteiger partial charge in [-0.25, -0.2) is 0 Å². The number of piperidine rings is 1. The molecule has 0 spiro atoms. The topological polar surface area (TPSA) is 49.8 Å². The van der Waals surface area contributed by atoms with E-state index in [1.807, 2.05) is 24.0 Å². The molecular weight excluding hydrogens is 278 g/mol. The molecule has 2 unspecified atom stereocenters. The van der Waals surface area contributed by atoms with Crippen molar-refractivity contribution in [3.05, 3.63) is 28.8 Å². The van der Waals surface area contributed by atoms with Gasteiger partial charge >= 0.3 is 5.97 Å². The molecule has 1 aliphatic heterocycles. The highest BCUT2D eigenvalue weighted by atomic mass is 35.5. The van der Waals surface area contributed by atoms with Crippen molar-refractivity contribution in [2.45, 2.75) is 32.4 Å². The molecule has 0 aliphatic carbocycles. The summed E-state index contributed by atoms with van der Waals surface area (Å²) in [5, 5.41) is 10.1. The van der Waals surface area contributed by atoms with Crippen molar-refractivity contribution in [3.63, 3.8) is 0 Å². The average molecular weight is 298 g/mol. The van der Waals surface area contributed by atoms with Crippen LogP contribution < -0.4 is 4.74 Å². The molecular formula is C15H20ClNO3. The molecule has 2 atom stereocenters. The lowest BCUT2D eigenvalue weighted by Gasteiger charge is -2.37. The van der Waals surface area contributed by atoms with E-state index in [0.717, 1.165) is 30.7 Å². The maximum Gasteiger partial charge on any atom is 0.321 e. The molecule has 2 rings (SSSR count). The summed E-state index contributed by atoms with van der Waals surface area (Å²) in [6.45, 7) is 3.34. The SMILES string of the molecule is COc1ccc(Cl)cc1CN1CCCC(C)C1C(=O)O. The molecule has 110 valence electrons.